The zero-order valence-electron chi connectivity index (χ0n) is 9.49. The third kappa shape index (κ3) is 3.34. The van der Waals surface area contributed by atoms with Gasteiger partial charge in [0.15, 0.2) is 5.78 Å². The maximum atomic E-state index is 12.5. The highest BCUT2D eigenvalue weighted by Crippen LogP contribution is 2.38. The van der Waals surface area contributed by atoms with E-state index in [9.17, 15) is 4.79 Å². The van der Waals surface area contributed by atoms with Crippen LogP contribution in [0.2, 0.25) is 20.1 Å². The van der Waals surface area contributed by atoms with Crippen molar-refractivity contribution in [2.75, 3.05) is 0 Å². The van der Waals surface area contributed by atoms with Crippen molar-refractivity contribution < 1.29 is 4.79 Å². The van der Waals surface area contributed by atoms with Gasteiger partial charge in [-0.2, -0.15) is 0 Å². The molecule has 0 aliphatic carbocycles. The highest BCUT2D eigenvalue weighted by atomic mass is 79.9. The first-order valence-corrected chi connectivity index (χ1v) is 8.25. The molecule has 1 nitrogen and oxygen atoms in total. The summed E-state index contributed by atoms with van der Waals surface area (Å²) in [6.45, 7) is 0. The van der Waals surface area contributed by atoms with E-state index in [4.69, 9.17) is 46.4 Å². The molecule has 0 aliphatic rings. The second-order valence-corrected chi connectivity index (χ2v) is 7.23. The molecule has 0 saturated heterocycles. The minimum atomic E-state index is -0.333. The SMILES string of the molecule is O=C(c1cc(Br)cc(Br)c1)c1c(Cl)cc(Cl)c(Cl)c1Cl. The third-order valence-electron chi connectivity index (χ3n) is 2.47. The monoisotopic (exact) mass is 474 g/mol. The zero-order valence-corrected chi connectivity index (χ0v) is 15.7. The van der Waals surface area contributed by atoms with Gasteiger partial charge in [-0.25, -0.2) is 0 Å². The Morgan fingerprint density at radius 3 is 1.90 bits per heavy atom. The molecule has 0 saturated carbocycles. The lowest BCUT2D eigenvalue weighted by Gasteiger charge is -2.10. The average molecular weight is 478 g/mol. The van der Waals surface area contributed by atoms with E-state index in [1.165, 1.54) is 6.07 Å². The molecule has 104 valence electrons. The van der Waals surface area contributed by atoms with Crippen LogP contribution in [0.25, 0.3) is 0 Å². The largest absolute Gasteiger partial charge is 0.288 e. The smallest absolute Gasteiger partial charge is 0.196 e. The van der Waals surface area contributed by atoms with E-state index in [1.807, 2.05) is 6.07 Å². The molecule has 0 atom stereocenters. The summed E-state index contributed by atoms with van der Waals surface area (Å²) in [5, 5.41) is 0.513. The molecule has 0 fully saturated rings. The molecule has 0 spiro atoms. The molecular weight excluding hydrogens is 474 g/mol. The molecule has 0 amide bonds. The topological polar surface area (TPSA) is 17.1 Å². The van der Waals surface area contributed by atoms with E-state index < -0.39 is 0 Å². The van der Waals surface area contributed by atoms with Crippen LogP contribution in [0.15, 0.2) is 33.2 Å². The normalized spacial score (nSPS) is 10.7. The number of benzene rings is 2. The lowest BCUT2D eigenvalue weighted by molar-refractivity contribution is 0.103. The van der Waals surface area contributed by atoms with Crippen LogP contribution in [-0.4, -0.2) is 5.78 Å². The van der Waals surface area contributed by atoms with E-state index >= 15 is 0 Å². The van der Waals surface area contributed by atoms with Gasteiger partial charge in [0.2, 0.25) is 0 Å². The molecule has 0 unspecified atom stereocenters. The molecule has 0 aliphatic heterocycles. The summed E-state index contributed by atoms with van der Waals surface area (Å²) >= 11 is 30.6. The second kappa shape index (κ2) is 6.55. The molecule has 0 radical (unpaired) electrons. The summed E-state index contributed by atoms with van der Waals surface area (Å²) < 4.78 is 1.50. The molecular formula is C13H4Br2Cl4O. The highest BCUT2D eigenvalue weighted by molar-refractivity contribution is 9.11. The summed E-state index contributed by atoms with van der Waals surface area (Å²) in [5.74, 6) is -0.333. The van der Waals surface area contributed by atoms with Gasteiger partial charge < -0.3 is 0 Å². The molecule has 7 heteroatoms. The van der Waals surface area contributed by atoms with Gasteiger partial charge in [0.1, 0.15) is 0 Å². The molecule has 2 aromatic rings. The van der Waals surface area contributed by atoms with Crippen LogP contribution in [0, 0.1) is 0 Å². The number of rotatable bonds is 2. The van der Waals surface area contributed by atoms with Gasteiger partial charge >= 0.3 is 0 Å². The lowest BCUT2D eigenvalue weighted by Crippen LogP contribution is -2.04. The van der Waals surface area contributed by atoms with Crippen molar-refractivity contribution in [1.82, 2.24) is 0 Å². The number of halogens is 6. The van der Waals surface area contributed by atoms with Crippen molar-refractivity contribution in [2.45, 2.75) is 0 Å². The Morgan fingerprint density at radius 1 is 0.800 bits per heavy atom. The van der Waals surface area contributed by atoms with Crippen LogP contribution in [0.1, 0.15) is 15.9 Å². The standard InChI is InChI=1S/C13H4Br2Cl4O/c14-6-1-5(2-7(15)3-6)13(20)10-8(16)4-9(17)11(18)12(10)19/h1-4H. The van der Waals surface area contributed by atoms with E-state index in [0.717, 1.165) is 8.95 Å². The van der Waals surface area contributed by atoms with Crippen LogP contribution in [0.4, 0.5) is 0 Å². The lowest BCUT2D eigenvalue weighted by atomic mass is 10.0. The number of hydrogen-bond acceptors (Lipinski definition) is 1. The van der Waals surface area contributed by atoms with Crippen molar-refractivity contribution in [3.63, 3.8) is 0 Å². The molecule has 0 bridgehead atoms. The highest BCUT2D eigenvalue weighted by Gasteiger charge is 2.21. The Labute approximate surface area is 152 Å². The van der Waals surface area contributed by atoms with Crippen molar-refractivity contribution >= 4 is 84.0 Å². The fourth-order valence-electron chi connectivity index (χ4n) is 1.60. The summed E-state index contributed by atoms with van der Waals surface area (Å²) in [6, 6.07) is 6.55. The Balaban J connectivity index is 2.62. The second-order valence-electron chi connectivity index (χ2n) is 3.83. The Kier molecular flexibility index (Phi) is 5.44. The quantitative estimate of drug-likeness (QED) is 0.257. The molecule has 0 N–H and O–H groups in total. The fourth-order valence-corrected chi connectivity index (χ4v) is 3.98. The van der Waals surface area contributed by atoms with Crippen LogP contribution < -0.4 is 0 Å². The Bertz CT molecular complexity index is 696. The maximum Gasteiger partial charge on any atom is 0.196 e. The average Bonchev–Trinajstić information content (AvgIpc) is 2.34. The first-order chi connectivity index (χ1) is 9.31. The summed E-state index contributed by atoms with van der Waals surface area (Å²) in [5.41, 5.74) is 0.557. The maximum absolute atomic E-state index is 12.5. The predicted octanol–water partition coefficient (Wildman–Crippen LogP) is 7.06. The van der Waals surface area contributed by atoms with Gasteiger partial charge in [-0.15, -0.1) is 0 Å². The molecule has 20 heavy (non-hydrogen) atoms. The van der Waals surface area contributed by atoms with Crippen LogP contribution in [0.5, 0.6) is 0 Å². The van der Waals surface area contributed by atoms with Gasteiger partial charge in [0.25, 0.3) is 0 Å². The van der Waals surface area contributed by atoms with Gasteiger partial charge in [0.05, 0.1) is 25.7 Å². The van der Waals surface area contributed by atoms with Crippen molar-refractivity contribution in [1.29, 1.82) is 0 Å². The Morgan fingerprint density at radius 2 is 1.35 bits per heavy atom. The van der Waals surface area contributed by atoms with Gasteiger partial charge in [-0.05, 0) is 24.3 Å². The zero-order chi connectivity index (χ0) is 15.0. The molecule has 2 rings (SSSR count). The van der Waals surface area contributed by atoms with Crippen molar-refractivity contribution in [3.8, 4) is 0 Å². The number of ketones is 1. The van der Waals surface area contributed by atoms with Crippen molar-refractivity contribution in [3.05, 3.63) is 64.4 Å². The minimum Gasteiger partial charge on any atom is -0.288 e. The third-order valence-corrected chi connectivity index (χ3v) is 4.94. The van der Waals surface area contributed by atoms with Gasteiger partial charge in [0, 0.05) is 14.5 Å². The number of carbonyl (C=O) groups excluding carboxylic acids is 1. The number of carbonyl (C=O) groups is 1. The first kappa shape index (κ1) is 16.6. The molecule has 0 heterocycles. The van der Waals surface area contributed by atoms with Crippen LogP contribution in [-0.2, 0) is 0 Å². The van der Waals surface area contributed by atoms with Crippen LogP contribution in [0.3, 0.4) is 0 Å². The van der Waals surface area contributed by atoms with Crippen LogP contribution >= 0.6 is 78.3 Å². The minimum absolute atomic E-state index is 0.0465. The number of hydrogen-bond donors (Lipinski definition) is 0. The van der Waals surface area contributed by atoms with E-state index in [-0.39, 0.29) is 31.4 Å². The molecule has 0 aromatic heterocycles. The van der Waals surface area contributed by atoms with E-state index in [2.05, 4.69) is 31.9 Å². The molecule has 2 aromatic carbocycles. The van der Waals surface area contributed by atoms with Gasteiger partial charge in [-0.3, -0.25) is 4.79 Å². The predicted molar refractivity (Wildman–Crippen MR) is 91.8 cm³/mol. The summed E-state index contributed by atoms with van der Waals surface area (Å²) in [7, 11) is 0. The Hall–Kier alpha value is 0.230. The summed E-state index contributed by atoms with van der Waals surface area (Å²) in [4.78, 5) is 12.5. The summed E-state index contributed by atoms with van der Waals surface area (Å²) in [6.07, 6.45) is 0. The van der Waals surface area contributed by atoms with E-state index in [1.54, 1.807) is 12.1 Å². The van der Waals surface area contributed by atoms with Crippen molar-refractivity contribution in [2.24, 2.45) is 0 Å². The first-order valence-electron chi connectivity index (χ1n) is 5.15. The fraction of sp³-hybridized carbons (Fsp3) is 0. The van der Waals surface area contributed by atoms with Gasteiger partial charge in [-0.1, -0.05) is 78.3 Å². The van der Waals surface area contributed by atoms with E-state index in [0.29, 0.717) is 5.56 Å².